The van der Waals surface area contributed by atoms with E-state index in [2.05, 4.69) is 61.6 Å². The molecule has 3 rings (SSSR count). The predicted molar refractivity (Wildman–Crippen MR) is 74.1 cm³/mol. The van der Waals surface area contributed by atoms with Gasteiger partial charge in [0.2, 0.25) is 0 Å². The van der Waals surface area contributed by atoms with Crippen LogP contribution in [-0.4, -0.2) is 6.54 Å². The molecule has 1 heterocycles. The van der Waals surface area contributed by atoms with Crippen molar-refractivity contribution in [2.45, 2.75) is 19.4 Å². The van der Waals surface area contributed by atoms with Gasteiger partial charge < -0.3 is 10.1 Å². The number of ether oxygens (including phenoxy) is 1. The first-order valence-corrected chi connectivity index (χ1v) is 6.27. The van der Waals surface area contributed by atoms with Crippen molar-refractivity contribution in [1.29, 1.82) is 0 Å². The van der Waals surface area contributed by atoms with Crippen molar-refractivity contribution >= 4 is 5.69 Å². The van der Waals surface area contributed by atoms with Crippen LogP contribution in [0.1, 0.15) is 18.1 Å². The van der Waals surface area contributed by atoms with E-state index in [4.69, 9.17) is 4.74 Å². The molecule has 0 fully saturated rings. The Morgan fingerprint density at radius 1 is 1.06 bits per heavy atom. The summed E-state index contributed by atoms with van der Waals surface area (Å²) in [6.07, 6.45) is 0. The molecule has 2 heteroatoms. The summed E-state index contributed by atoms with van der Waals surface area (Å²) >= 11 is 0. The number of rotatable bonds is 1. The van der Waals surface area contributed by atoms with Crippen molar-refractivity contribution in [3.05, 3.63) is 59.7 Å². The van der Waals surface area contributed by atoms with E-state index in [1.807, 2.05) is 6.07 Å². The molecule has 0 saturated heterocycles. The van der Waals surface area contributed by atoms with Crippen molar-refractivity contribution in [1.82, 2.24) is 0 Å². The molecule has 0 saturated carbocycles. The van der Waals surface area contributed by atoms with E-state index >= 15 is 0 Å². The molecule has 0 aliphatic carbocycles. The molecule has 0 spiro atoms. The Hall–Kier alpha value is -1.96. The first kappa shape index (κ1) is 11.1. The summed E-state index contributed by atoms with van der Waals surface area (Å²) in [5.74, 6) is 0.968. The van der Waals surface area contributed by atoms with Crippen molar-refractivity contribution in [2.24, 2.45) is 0 Å². The lowest BCUT2D eigenvalue weighted by Gasteiger charge is -2.37. The SMILES string of the molecule is Cc1cccc2c1OC(C)(c1ccccc1)CN2. The molecule has 0 amide bonds. The molecule has 1 aliphatic heterocycles. The zero-order valence-corrected chi connectivity index (χ0v) is 10.7. The third-order valence-corrected chi connectivity index (χ3v) is 3.54. The van der Waals surface area contributed by atoms with Crippen molar-refractivity contribution < 1.29 is 4.74 Å². The smallest absolute Gasteiger partial charge is 0.148 e. The molecule has 18 heavy (non-hydrogen) atoms. The van der Waals surface area contributed by atoms with Crippen LogP contribution in [0.15, 0.2) is 48.5 Å². The third-order valence-electron chi connectivity index (χ3n) is 3.54. The number of para-hydroxylation sites is 1. The summed E-state index contributed by atoms with van der Waals surface area (Å²) in [4.78, 5) is 0. The van der Waals surface area contributed by atoms with Gasteiger partial charge in [0.1, 0.15) is 11.4 Å². The van der Waals surface area contributed by atoms with Gasteiger partial charge in [-0.2, -0.15) is 0 Å². The first-order valence-electron chi connectivity index (χ1n) is 6.27. The van der Waals surface area contributed by atoms with Crippen molar-refractivity contribution in [3.63, 3.8) is 0 Å². The summed E-state index contributed by atoms with van der Waals surface area (Å²) < 4.78 is 6.27. The largest absolute Gasteiger partial charge is 0.479 e. The highest BCUT2D eigenvalue weighted by Gasteiger charge is 2.33. The van der Waals surface area contributed by atoms with E-state index in [1.165, 1.54) is 11.1 Å². The summed E-state index contributed by atoms with van der Waals surface area (Å²) in [7, 11) is 0. The Kier molecular flexibility index (Phi) is 2.51. The molecular formula is C16H17NO. The van der Waals surface area contributed by atoms with Gasteiger partial charge in [-0.05, 0) is 31.0 Å². The summed E-state index contributed by atoms with van der Waals surface area (Å²) in [6, 6.07) is 16.6. The molecule has 0 aromatic heterocycles. The highest BCUT2D eigenvalue weighted by molar-refractivity contribution is 5.62. The average molecular weight is 239 g/mol. The Morgan fingerprint density at radius 2 is 1.83 bits per heavy atom. The Labute approximate surface area is 108 Å². The lowest BCUT2D eigenvalue weighted by Crippen LogP contribution is -2.40. The normalized spacial score (nSPS) is 21.7. The van der Waals surface area contributed by atoms with E-state index in [0.29, 0.717) is 0 Å². The van der Waals surface area contributed by atoms with E-state index in [-0.39, 0.29) is 5.60 Å². The fourth-order valence-electron chi connectivity index (χ4n) is 2.40. The van der Waals surface area contributed by atoms with Gasteiger partial charge in [0.25, 0.3) is 0 Å². The molecule has 1 unspecified atom stereocenters. The Morgan fingerprint density at radius 3 is 2.61 bits per heavy atom. The summed E-state index contributed by atoms with van der Waals surface area (Å²) in [6.45, 7) is 5.00. The van der Waals surface area contributed by atoms with E-state index in [1.54, 1.807) is 0 Å². The second-order valence-corrected chi connectivity index (χ2v) is 5.00. The number of hydrogen-bond donors (Lipinski definition) is 1. The fourth-order valence-corrected chi connectivity index (χ4v) is 2.40. The Bertz CT molecular complexity index is 565. The second kappa shape index (κ2) is 4.05. The number of nitrogens with one attached hydrogen (secondary N) is 1. The third kappa shape index (κ3) is 1.74. The van der Waals surface area contributed by atoms with Crippen LogP contribution in [0.25, 0.3) is 0 Å². The maximum absolute atomic E-state index is 6.27. The molecule has 0 radical (unpaired) electrons. The number of aryl methyl sites for hydroxylation is 1. The minimum Gasteiger partial charge on any atom is -0.479 e. The standard InChI is InChI=1S/C16H17NO/c1-12-7-6-10-14-15(12)18-16(2,11-17-14)13-8-4-3-5-9-13/h3-10,17H,11H2,1-2H3. The Balaban J connectivity index is 2.02. The number of benzene rings is 2. The van der Waals surface area contributed by atoms with Crippen LogP contribution in [0.5, 0.6) is 5.75 Å². The van der Waals surface area contributed by atoms with Crippen LogP contribution < -0.4 is 10.1 Å². The lowest BCUT2D eigenvalue weighted by atomic mass is 9.93. The van der Waals surface area contributed by atoms with Gasteiger partial charge in [0.05, 0.1) is 12.2 Å². The zero-order valence-electron chi connectivity index (χ0n) is 10.7. The molecule has 1 N–H and O–H groups in total. The molecule has 1 aliphatic rings. The van der Waals surface area contributed by atoms with Gasteiger partial charge in [-0.3, -0.25) is 0 Å². The maximum atomic E-state index is 6.27. The van der Waals surface area contributed by atoms with Gasteiger partial charge in [-0.25, -0.2) is 0 Å². The summed E-state index contributed by atoms with van der Waals surface area (Å²) in [5, 5.41) is 3.47. The first-order chi connectivity index (χ1) is 8.69. The molecule has 92 valence electrons. The highest BCUT2D eigenvalue weighted by Crippen LogP contribution is 2.39. The van der Waals surface area contributed by atoms with Crippen LogP contribution in [0.3, 0.4) is 0 Å². The van der Waals surface area contributed by atoms with Gasteiger partial charge in [-0.15, -0.1) is 0 Å². The minimum absolute atomic E-state index is 0.305. The van der Waals surface area contributed by atoms with Crippen molar-refractivity contribution in [2.75, 3.05) is 11.9 Å². The van der Waals surface area contributed by atoms with E-state index in [9.17, 15) is 0 Å². The van der Waals surface area contributed by atoms with Crippen LogP contribution in [0.2, 0.25) is 0 Å². The molecule has 2 nitrogen and oxygen atoms in total. The van der Waals surface area contributed by atoms with Gasteiger partial charge in [-0.1, -0.05) is 42.5 Å². The highest BCUT2D eigenvalue weighted by atomic mass is 16.5. The second-order valence-electron chi connectivity index (χ2n) is 5.00. The van der Waals surface area contributed by atoms with Crippen LogP contribution >= 0.6 is 0 Å². The van der Waals surface area contributed by atoms with Gasteiger partial charge >= 0.3 is 0 Å². The lowest BCUT2D eigenvalue weighted by molar-refractivity contribution is 0.0929. The number of fused-ring (bicyclic) bond motifs is 1. The fraction of sp³-hybridized carbons (Fsp3) is 0.250. The molecular weight excluding hydrogens is 222 g/mol. The van der Waals surface area contributed by atoms with E-state index < -0.39 is 0 Å². The van der Waals surface area contributed by atoms with Crippen LogP contribution in [0.4, 0.5) is 5.69 Å². The zero-order chi connectivity index (χ0) is 12.6. The topological polar surface area (TPSA) is 21.3 Å². The maximum Gasteiger partial charge on any atom is 0.148 e. The van der Waals surface area contributed by atoms with E-state index in [0.717, 1.165) is 18.0 Å². The molecule has 0 bridgehead atoms. The quantitative estimate of drug-likeness (QED) is 0.819. The monoisotopic (exact) mass is 239 g/mol. The minimum atomic E-state index is -0.305. The number of anilines is 1. The van der Waals surface area contributed by atoms with Gasteiger partial charge in [0.15, 0.2) is 0 Å². The molecule has 1 atom stereocenters. The van der Waals surface area contributed by atoms with Gasteiger partial charge in [0, 0.05) is 0 Å². The number of hydrogen-bond acceptors (Lipinski definition) is 2. The predicted octanol–water partition coefficient (Wildman–Crippen LogP) is 3.71. The summed E-state index contributed by atoms with van der Waals surface area (Å²) in [5.41, 5.74) is 3.15. The molecule has 2 aromatic rings. The average Bonchev–Trinajstić information content (AvgIpc) is 2.41. The van der Waals surface area contributed by atoms with Crippen LogP contribution in [0, 0.1) is 6.92 Å². The van der Waals surface area contributed by atoms with Crippen molar-refractivity contribution in [3.8, 4) is 5.75 Å². The molecule has 2 aromatic carbocycles. The van der Waals surface area contributed by atoms with Crippen LogP contribution in [-0.2, 0) is 5.60 Å².